The average molecular weight is 276 g/mol. The molecular formula is C15H20N2O3. The van der Waals surface area contributed by atoms with Gasteiger partial charge in [-0.2, -0.15) is 0 Å². The maximum absolute atomic E-state index is 11.9. The fourth-order valence-corrected chi connectivity index (χ4v) is 2.02. The normalized spacial score (nSPS) is 19.2. The first kappa shape index (κ1) is 14.5. The van der Waals surface area contributed by atoms with Crippen LogP contribution >= 0.6 is 0 Å². The van der Waals surface area contributed by atoms with Gasteiger partial charge in [0.15, 0.2) is 0 Å². The lowest BCUT2D eigenvalue weighted by Gasteiger charge is -2.33. The topological polar surface area (TPSA) is 58.6 Å². The third kappa shape index (κ3) is 3.57. The number of morpholine rings is 1. The molecule has 5 nitrogen and oxygen atoms in total. The highest BCUT2D eigenvalue weighted by molar-refractivity contribution is 5.95. The summed E-state index contributed by atoms with van der Waals surface area (Å²) in [4.78, 5) is 25.2. The third-order valence-corrected chi connectivity index (χ3v) is 3.23. The van der Waals surface area contributed by atoms with E-state index < -0.39 is 0 Å². The van der Waals surface area contributed by atoms with Crippen molar-refractivity contribution in [3.8, 4) is 0 Å². The predicted octanol–water partition coefficient (Wildman–Crippen LogP) is 1.19. The van der Waals surface area contributed by atoms with Crippen LogP contribution in [0, 0.1) is 5.92 Å². The lowest BCUT2D eigenvalue weighted by Crippen LogP contribution is -2.51. The lowest BCUT2D eigenvalue weighted by molar-refractivity contribution is -0.130. The van der Waals surface area contributed by atoms with E-state index in [-0.39, 0.29) is 30.4 Å². The summed E-state index contributed by atoms with van der Waals surface area (Å²) < 4.78 is 5.47. The molecule has 1 heterocycles. The van der Waals surface area contributed by atoms with Gasteiger partial charge in [-0.15, -0.1) is 0 Å². The van der Waals surface area contributed by atoms with Crippen LogP contribution in [0.1, 0.15) is 13.8 Å². The number of benzene rings is 1. The third-order valence-electron chi connectivity index (χ3n) is 3.23. The summed E-state index contributed by atoms with van der Waals surface area (Å²) >= 11 is 0. The van der Waals surface area contributed by atoms with E-state index in [4.69, 9.17) is 4.74 Å². The van der Waals surface area contributed by atoms with Crippen molar-refractivity contribution in [2.24, 2.45) is 5.92 Å². The fourth-order valence-electron chi connectivity index (χ4n) is 2.02. The molecule has 1 N–H and O–H groups in total. The molecule has 1 fully saturated rings. The smallest absolute Gasteiger partial charge is 0.253 e. The van der Waals surface area contributed by atoms with Crippen molar-refractivity contribution in [2.45, 2.75) is 20.0 Å². The Balaban J connectivity index is 1.95. The van der Waals surface area contributed by atoms with Gasteiger partial charge in [-0.25, -0.2) is 0 Å². The lowest BCUT2D eigenvalue weighted by atomic mass is 10.2. The Morgan fingerprint density at radius 3 is 2.75 bits per heavy atom. The van der Waals surface area contributed by atoms with Crippen LogP contribution in [-0.4, -0.2) is 37.6 Å². The van der Waals surface area contributed by atoms with Gasteiger partial charge in [0.1, 0.15) is 6.61 Å². The van der Waals surface area contributed by atoms with Crippen molar-refractivity contribution in [2.75, 3.05) is 24.6 Å². The highest BCUT2D eigenvalue weighted by Gasteiger charge is 2.27. The van der Waals surface area contributed by atoms with Crippen LogP contribution in [0.4, 0.5) is 5.69 Å². The second-order valence-corrected chi connectivity index (χ2v) is 5.17. The van der Waals surface area contributed by atoms with Gasteiger partial charge in [0.2, 0.25) is 5.91 Å². The van der Waals surface area contributed by atoms with E-state index in [1.54, 1.807) is 4.90 Å². The second-order valence-electron chi connectivity index (χ2n) is 5.17. The van der Waals surface area contributed by atoms with Crippen molar-refractivity contribution in [3.63, 3.8) is 0 Å². The molecule has 20 heavy (non-hydrogen) atoms. The number of rotatable bonds is 4. The van der Waals surface area contributed by atoms with Crippen molar-refractivity contribution in [3.05, 3.63) is 30.3 Å². The standard InChI is InChI=1S/C15H20N2O3/c1-11(2)15(19)16-8-13-9-17(14(18)10-20-13)12-6-4-3-5-7-12/h3-7,11,13H,8-10H2,1-2H3,(H,16,19). The first-order valence-corrected chi connectivity index (χ1v) is 6.82. The molecule has 108 valence electrons. The summed E-state index contributed by atoms with van der Waals surface area (Å²) in [6.07, 6.45) is -0.171. The first-order chi connectivity index (χ1) is 9.58. The van der Waals surface area contributed by atoms with Crippen LogP contribution in [0.5, 0.6) is 0 Å². The Morgan fingerprint density at radius 1 is 1.40 bits per heavy atom. The predicted molar refractivity (Wildman–Crippen MR) is 76.4 cm³/mol. The van der Waals surface area contributed by atoms with E-state index in [0.717, 1.165) is 5.69 Å². The van der Waals surface area contributed by atoms with Crippen LogP contribution in [0.25, 0.3) is 0 Å². The number of hydrogen-bond donors (Lipinski definition) is 1. The summed E-state index contributed by atoms with van der Waals surface area (Å²) in [5.41, 5.74) is 0.862. The van der Waals surface area contributed by atoms with Gasteiger partial charge in [0.05, 0.1) is 12.6 Å². The van der Waals surface area contributed by atoms with E-state index >= 15 is 0 Å². The number of para-hydroxylation sites is 1. The number of amides is 2. The zero-order valence-corrected chi connectivity index (χ0v) is 11.8. The summed E-state index contributed by atoms with van der Waals surface area (Å²) in [6, 6.07) is 9.50. The number of ether oxygens (including phenoxy) is 1. The number of anilines is 1. The summed E-state index contributed by atoms with van der Waals surface area (Å²) in [7, 11) is 0. The van der Waals surface area contributed by atoms with Crippen LogP contribution in [-0.2, 0) is 14.3 Å². The average Bonchev–Trinajstić information content (AvgIpc) is 2.46. The molecule has 1 aliphatic rings. The Hall–Kier alpha value is -1.88. The minimum Gasteiger partial charge on any atom is -0.365 e. The van der Waals surface area contributed by atoms with Crippen LogP contribution < -0.4 is 10.2 Å². The molecule has 0 spiro atoms. The minimum atomic E-state index is -0.171. The van der Waals surface area contributed by atoms with E-state index in [9.17, 15) is 9.59 Å². The van der Waals surface area contributed by atoms with Crippen molar-refractivity contribution in [1.29, 1.82) is 0 Å². The number of carbonyl (C=O) groups is 2. The molecule has 2 rings (SSSR count). The van der Waals surface area contributed by atoms with Gasteiger partial charge in [-0.3, -0.25) is 9.59 Å². The van der Waals surface area contributed by atoms with E-state index in [1.807, 2.05) is 44.2 Å². The summed E-state index contributed by atoms with van der Waals surface area (Å²) in [6.45, 7) is 4.62. The first-order valence-electron chi connectivity index (χ1n) is 6.82. The number of nitrogens with one attached hydrogen (secondary N) is 1. The summed E-state index contributed by atoms with van der Waals surface area (Å²) in [5, 5.41) is 2.84. The molecule has 0 radical (unpaired) electrons. The van der Waals surface area contributed by atoms with Crippen LogP contribution in [0.15, 0.2) is 30.3 Å². The Morgan fingerprint density at radius 2 is 2.10 bits per heavy atom. The molecule has 1 saturated heterocycles. The van der Waals surface area contributed by atoms with Gasteiger partial charge < -0.3 is 15.0 Å². The SMILES string of the molecule is CC(C)C(=O)NCC1CN(c2ccccc2)C(=O)CO1. The molecule has 1 aromatic carbocycles. The molecule has 5 heteroatoms. The minimum absolute atomic E-state index is 0.00300. The molecule has 0 aromatic heterocycles. The van der Waals surface area contributed by atoms with Gasteiger partial charge in [-0.05, 0) is 12.1 Å². The van der Waals surface area contributed by atoms with Gasteiger partial charge in [-0.1, -0.05) is 32.0 Å². The second kappa shape index (κ2) is 6.52. The van der Waals surface area contributed by atoms with Crippen LogP contribution in [0.3, 0.4) is 0 Å². The van der Waals surface area contributed by atoms with E-state index in [1.165, 1.54) is 0 Å². The quantitative estimate of drug-likeness (QED) is 0.898. The van der Waals surface area contributed by atoms with Gasteiger partial charge in [0, 0.05) is 18.2 Å². The van der Waals surface area contributed by atoms with Gasteiger partial charge >= 0.3 is 0 Å². The largest absolute Gasteiger partial charge is 0.365 e. The number of carbonyl (C=O) groups excluding carboxylic acids is 2. The molecule has 2 amide bonds. The fraction of sp³-hybridized carbons (Fsp3) is 0.467. The molecule has 1 unspecified atom stereocenters. The van der Waals surface area contributed by atoms with Crippen LogP contribution in [0.2, 0.25) is 0 Å². The molecule has 1 atom stereocenters. The molecular weight excluding hydrogens is 256 g/mol. The molecule has 1 aromatic rings. The van der Waals surface area contributed by atoms with E-state index in [0.29, 0.717) is 13.1 Å². The molecule has 0 aliphatic carbocycles. The zero-order valence-electron chi connectivity index (χ0n) is 11.8. The summed E-state index contributed by atoms with van der Waals surface area (Å²) in [5.74, 6) is -0.107. The Kier molecular flexibility index (Phi) is 4.74. The monoisotopic (exact) mass is 276 g/mol. The van der Waals surface area contributed by atoms with Crippen molar-refractivity contribution in [1.82, 2.24) is 5.32 Å². The highest BCUT2D eigenvalue weighted by atomic mass is 16.5. The highest BCUT2D eigenvalue weighted by Crippen LogP contribution is 2.17. The molecule has 1 aliphatic heterocycles. The maximum atomic E-state index is 11.9. The van der Waals surface area contributed by atoms with E-state index in [2.05, 4.69) is 5.32 Å². The maximum Gasteiger partial charge on any atom is 0.253 e. The van der Waals surface area contributed by atoms with Crippen molar-refractivity contribution < 1.29 is 14.3 Å². The van der Waals surface area contributed by atoms with Gasteiger partial charge in [0.25, 0.3) is 5.91 Å². The number of nitrogens with zero attached hydrogens (tertiary/aromatic N) is 1. The Labute approximate surface area is 118 Å². The molecule has 0 bridgehead atoms. The Bertz CT molecular complexity index is 473. The van der Waals surface area contributed by atoms with Crippen molar-refractivity contribution >= 4 is 17.5 Å². The number of hydrogen-bond acceptors (Lipinski definition) is 3. The zero-order chi connectivity index (χ0) is 14.5. The molecule has 0 saturated carbocycles.